The Morgan fingerprint density at radius 1 is 0.412 bits per heavy atom. The molecular weight excluding hydrogens is 559 g/mol. The third-order valence-electron chi connectivity index (χ3n) is 4.64. The van der Waals surface area contributed by atoms with Gasteiger partial charge in [-0.1, -0.05) is 121 Å². The molecule has 0 bridgehead atoms. The SMILES string of the molecule is [Ni].[S-]/C(=C(\[S-])c1ccccc1)c1ccccc1.[S-]/C(=C(\[S-])c1ccccc1Cl)c1ccccc1. The third-order valence-corrected chi connectivity index (χ3v) is 6.97. The Morgan fingerprint density at radius 2 is 0.706 bits per heavy atom. The summed E-state index contributed by atoms with van der Waals surface area (Å²) < 4.78 is 0. The first kappa shape index (κ1) is 28.3. The summed E-state index contributed by atoms with van der Waals surface area (Å²) in [6, 6.07) is 37.0. The van der Waals surface area contributed by atoms with E-state index in [4.69, 9.17) is 62.1 Å². The Labute approximate surface area is 239 Å². The zero-order chi connectivity index (χ0) is 23.6. The molecule has 0 saturated carbocycles. The van der Waals surface area contributed by atoms with Gasteiger partial charge in [0.25, 0.3) is 0 Å². The van der Waals surface area contributed by atoms with Gasteiger partial charge in [0, 0.05) is 21.5 Å². The fraction of sp³-hybridized carbons (Fsp3) is 0. The van der Waals surface area contributed by atoms with E-state index in [1.807, 2.05) is 115 Å². The van der Waals surface area contributed by atoms with E-state index in [1.165, 1.54) is 0 Å². The first-order valence-corrected chi connectivity index (χ1v) is 12.1. The number of hydrogen-bond donors (Lipinski definition) is 0. The number of benzene rings is 4. The van der Waals surface area contributed by atoms with Crippen LogP contribution in [-0.4, -0.2) is 0 Å². The van der Waals surface area contributed by atoms with Crippen molar-refractivity contribution in [3.63, 3.8) is 0 Å². The van der Waals surface area contributed by atoms with Crippen LogP contribution in [0, 0.1) is 0 Å². The van der Waals surface area contributed by atoms with E-state index < -0.39 is 0 Å². The molecule has 0 N–H and O–H groups in total. The van der Waals surface area contributed by atoms with Crippen molar-refractivity contribution in [2.24, 2.45) is 0 Å². The minimum atomic E-state index is 0. The van der Waals surface area contributed by atoms with E-state index in [0.29, 0.717) is 14.8 Å². The maximum Gasteiger partial charge on any atom is 0.0462 e. The molecule has 0 aliphatic carbocycles. The van der Waals surface area contributed by atoms with Gasteiger partial charge in [0.2, 0.25) is 0 Å². The smallest absolute Gasteiger partial charge is 0.0462 e. The van der Waals surface area contributed by atoms with Gasteiger partial charge < -0.3 is 50.5 Å². The van der Waals surface area contributed by atoms with Gasteiger partial charge in [-0.25, -0.2) is 0 Å². The molecule has 0 atom stereocenters. The van der Waals surface area contributed by atoms with Gasteiger partial charge in [-0.15, -0.1) is 0 Å². The van der Waals surface area contributed by atoms with Crippen molar-refractivity contribution in [3.05, 3.63) is 143 Å². The average Bonchev–Trinajstić information content (AvgIpc) is 2.89. The van der Waals surface area contributed by atoms with Gasteiger partial charge >= 0.3 is 0 Å². The van der Waals surface area contributed by atoms with Gasteiger partial charge in [0.1, 0.15) is 0 Å². The van der Waals surface area contributed by atoms with E-state index in [0.717, 1.165) is 32.1 Å². The van der Waals surface area contributed by atoms with Crippen LogP contribution < -0.4 is 0 Å². The van der Waals surface area contributed by atoms with Gasteiger partial charge in [0.05, 0.1) is 0 Å². The van der Waals surface area contributed by atoms with Gasteiger partial charge in [-0.05, 0) is 28.3 Å². The average molecular weight is 578 g/mol. The summed E-state index contributed by atoms with van der Waals surface area (Å²) >= 11 is 27.6. The first-order valence-electron chi connectivity index (χ1n) is 10.1. The monoisotopic (exact) mass is 576 g/mol. The van der Waals surface area contributed by atoms with E-state index >= 15 is 0 Å². The Morgan fingerprint density at radius 3 is 1.06 bits per heavy atom. The zero-order valence-electron chi connectivity index (χ0n) is 17.8. The van der Waals surface area contributed by atoms with Crippen LogP contribution in [0.15, 0.2) is 115 Å². The van der Waals surface area contributed by atoms with E-state index in [9.17, 15) is 0 Å². The third kappa shape index (κ3) is 7.78. The van der Waals surface area contributed by atoms with Crippen molar-refractivity contribution in [2.45, 2.75) is 0 Å². The molecule has 0 nitrogen and oxygen atoms in total. The van der Waals surface area contributed by atoms with Crippen molar-refractivity contribution in [1.29, 1.82) is 0 Å². The van der Waals surface area contributed by atoms with Crippen LogP contribution in [0.3, 0.4) is 0 Å². The summed E-state index contributed by atoms with van der Waals surface area (Å²) in [5.41, 5.74) is 3.78. The molecule has 0 amide bonds. The summed E-state index contributed by atoms with van der Waals surface area (Å²) in [5.74, 6) is 0. The van der Waals surface area contributed by atoms with Gasteiger partial charge in [-0.3, -0.25) is 0 Å². The fourth-order valence-electron chi connectivity index (χ4n) is 2.93. The van der Waals surface area contributed by atoms with Crippen LogP contribution in [0.25, 0.3) is 19.6 Å². The summed E-state index contributed by atoms with van der Waals surface area (Å²) in [6.07, 6.45) is 0. The van der Waals surface area contributed by atoms with Crippen molar-refractivity contribution in [1.82, 2.24) is 0 Å². The maximum atomic E-state index is 6.10. The molecule has 34 heavy (non-hydrogen) atoms. The molecule has 0 aliphatic rings. The second-order valence-electron chi connectivity index (χ2n) is 6.89. The molecule has 0 radical (unpaired) electrons. The summed E-state index contributed by atoms with van der Waals surface area (Å²) in [4.78, 5) is 2.76. The van der Waals surface area contributed by atoms with Crippen molar-refractivity contribution >= 4 is 81.7 Å². The fourth-order valence-corrected chi connectivity index (χ4v) is 4.27. The van der Waals surface area contributed by atoms with Crippen LogP contribution in [0.5, 0.6) is 0 Å². The molecular formula is C28H19ClNiS4-4. The summed E-state index contributed by atoms with van der Waals surface area (Å²) in [6.45, 7) is 0. The van der Waals surface area contributed by atoms with Crippen molar-refractivity contribution < 1.29 is 16.5 Å². The normalized spacial score (nSPS) is 11.7. The van der Waals surface area contributed by atoms with Crippen LogP contribution in [0.2, 0.25) is 5.02 Å². The predicted octanol–water partition coefficient (Wildman–Crippen LogP) is 7.86. The van der Waals surface area contributed by atoms with Gasteiger partial charge in [0.15, 0.2) is 0 Å². The van der Waals surface area contributed by atoms with Crippen molar-refractivity contribution in [3.8, 4) is 0 Å². The van der Waals surface area contributed by atoms with Gasteiger partial charge in [-0.2, -0.15) is 19.6 Å². The maximum absolute atomic E-state index is 6.10. The minimum Gasteiger partial charge on any atom is -0.781 e. The molecule has 0 saturated heterocycles. The molecule has 4 aromatic carbocycles. The molecule has 0 heterocycles. The second kappa shape index (κ2) is 14.4. The molecule has 0 fully saturated rings. The summed E-state index contributed by atoms with van der Waals surface area (Å²) in [7, 11) is 0. The van der Waals surface area contributed by atoms with Crippen LogP contribution in [0.4, 0.5) is 0 Å². The largest absolute Gasteiger partial charge is 0.781 e. The van der Waals surface area contributed by atoms with Crippen LogP contribution in [0.1, 0.15) is 22.3 Å². The predicted molar refractivity (Wildman–Crippen MR) is 154 cm³/mol. The molecule has 6 heteroatoms. The van der Waals surface area contributed by atoms with Crippen molar-refractivity contribution in [2.75, 3.05) is 0 Å². The van der Waals surface area contributed by atoms with Crippen LogP contribution >= 0.6 is 11.6 Å². The number of rotatable bonds is 4. The summed E-state index contributed by atoms with van der Waals surface area (Å²) in [5, 5.41) is 0.635. The quantitative estimate of drug-likeness (QED) is 0.137. The molecule has 0 spiro atoms. The number of halogens is 1. The number of hydrogen-bond acceptors (Lipinski definition) is 4. The first-order chi connectivity index (χ1) is 16.0. The van der Waals surface area contributed by atoms with Crippen LogP contribution in [-0.2, 0) is 67.0 Å². The molecule has 4 rings (SSSR count). The molecule has 176 valence electrons. The topological polar surface area (TPSA) is 0 Å². The Hall–Kier alpha value is -1.98. The Bertz CT molecular complexity index is 1190. The Kier molecular flexibility index (Phi) is 12.0. The minimum absolute atomic E-state index is 0. The molecule has 0 aliphatic heterocycles. The van der Waals surface area contributed by atoms with E-state index in [2.05, 4.69) is 0 Å². The molecule has 0 unspecified atom stereocenters. The second-order valence-corrected chi connectivity index (χ2v) is 8.93. The Balaban J connectivity index is 0.000000234. The standard InChI is InChI=1S/C14H11ClS2.C14H12S2.Ni/c15-12-9-5-4-8-11(12)14(17)13(16)10-6-2-1-3-7-10;15-13(11-7-3-1-4-8-11)14(16)12-9-5-2-6-10-12;/h1-9,16-17H;1-10,15-16H;/p-4/b2*14-13-;. The van der Waals surface area contributed by atoms with E-state index in [1.54, 1.807) is 0 Å². The molecule has 0 aromatic heterocycles. The van der Waals surface area contributed by atoms with E-state index in [-0.39, 0.29) is 16.5 Å². The zero-order valence-corrected chi connectivity index (χ0v) is 22.8. The molecule has 4 aromatic rings.